The predicted octanol–water partition coefficient (Wildman–Crippen LogP) is 3.90. The highest BCUT2D eigenvalue weighted by molar-refractivity contribution is 6.06. The summed E-state index contributed by atoms with van der Waals surface area (Å²) in [7, 11) is 0. The molecular formula is C21H25ClN4O2. The Kier molecular flexibility index (Phi) is 6.31. The summed E-state index contributed by atoms with van der Waals surface area (Å²) in [6.07, 6.45) is 3.88. The first kappa shape index (κ1) is 20.3. The standard InChI is InChI=1S/C21H24N4O2.ClH/c1-2-6-17-19-15(11-18(14-9-10-14)24-21(19)27-25-17)20(26)23-12-16(22)13-7-4-3-5-8-13;/h3-5,7-8,11,14,16H,2,6,9-10,12,22H2,1H3,(H,23,26);1H. The Labute approximate surface area is 170 Å². The van der Waals surface area contributed by atoms with Crippen LogP contribution in [0.3, 0.4) is 0 Å². The first-order valence-corrected chi connectivity index (χ1v) is 9.55. The molecule has 1 aromatic carbocycles. The summed E-state index contributed by atoms with van der Waals surface area (Å²) in [5.41, 5.74) is 9.97. The number of benzene rings is 1. The number of carbonyl (C=O) groups excluding carboxylic acids is 1. The first-order chi connectivity index (χ1) is 13.2. The largest absolute Gasteiger partial charge is 0.350 e. The van der Waals surface area contributed by atoms with E-state index in [1.807, 2.05) is 36.4 Å². The molecule has 1 aliphatic rings. The quantitative estimate of drug-likeness (QED) is 0.627. The van der Waals surface area contributed by atoms with Crippen LogP contribution in [0.5, 0.6) is 0 Å². The highest BCUT2D eigenvalue weighted by Crippen LogP contribution is 2.40. The van der Waals surface area contributed by atoms with Crippen LogP contribution in [0.2, 0.25) is 0 Å². The zero-order chi connectivity index (χ0) is 18.8. The van der Waals surface area contributed by atoms with Crippen molar-refractivity contribution in [2.45, 2.75) is 44.6 Å². The maximum absolute atomic E-state index is 13.0. The topological polar surface area (TPSA) is 94.0 Å². The monoisotopic (exact) mass is 400 g/mol. The minimum Gasteiger partial charge on any atom is -0.350 e. The molecule has 1 saturated carbocycles. The van der Waals surface area contributed by atoms with E-state index in [-0.39, 0.29) is 24.4 Å². The van der Waals surface area contributed by atoms with Gasteiger partial charge >= 0.3 is 0 Å². The number of nitrogens with one attached hydrogen (secondary N) is 1. The summed E-state index contributed by atoms with van der Waals surface area (Å²) < 4.78 is 5.44. The lowest BCUT2D eigenvalue weighted by molar-refractivity contribution is 0.0952. The lowest BCUT2D eigenvalue weighted by Crippen LogP contribution is -2.32. The summed E-state index contributed by atoms with van der Waals surface area (Å²) in [5.74, 6) is 0.267. The van der Waals surface area contributed by atoms with Gasteiger partial charge in [0.05, 0.1) is 16.6 Å². The molecule has 148 valence electrons. The van der Waals surface area contributed by atoms with Crippen LogP contribution >= 0.6 is 12.4 Å². The fraction of sp³-hybridized carbons (Fsp3) is 0.381. The van der Waals surface area contributed by atoms with Crippen molar-refractivity contribution in [3.05, 3.63) is 58.9 Å². The number of hydrogen-bond acceptors (Lipinski definition) is 5. The molecule has 0 spiro atoms. The van der Waals surface area contributed by atoms with Gasteiger partial charge in [0, 0.05) is 24.2 Å². The van der Waals surface area contributed by atoms with Crippen LogP contribution in [0.25, 0.3) is 11.1 Å². The molecule has 4 rings (SSSR count). The second-order valence-electron chi connectivity index (χ2n) is 7.16. The number of hydrogen-bond donors (Lipinski definition) is 2. The fourth-order valence-corrected chi connectivity index (χ4v) is 3.32. The normalized spacial score (nSPS) is 14.5. The van der Waals surface area contributed by atoms with Crippen LogP contribution in [0.15, 0.2) is 40.9 Å². The Bertz CT molecular complexity index is 954. The maximum Gasteiger partial charge on any atom is 0.259 e. The van der Waals surface area contributed by atoms with E-state index < -0.39 is 0 Å². The predicted molar refractivity (Wildman–Crippen MR) is 111 cm³/mol. The molecular weight excluding hydrogens is 376 g/mol. The van der Waals surface area contributed by atoms with Crippen LogP contribution in [0.1, 0.15) is 65.5 Å². The molecule has 3 aromatic rings. The van der Waals surface area contributed by atoms with Gasteiger partial charge in [0.15, 0.2) is 0 Å². The van der Waals surface area contributed by atoms with Crippen molar-refractivity contribution in [2.75, 3.05) is 6.54 Å². The van der Waals surface area contributed by atoms with Crippen molar-refractivity contribution in [2.24, 2.45) is 5.73 Å². The summed E-state index contributed by atoms with van der Waals surface area (Å²) in [5, 5.41) is 7.85. The molecule has 0 radical (unpaired) electrons. The van der Waals surface area contributed by atoms with Crippen molar-refractivity contribution in [1.29, 1.82) is 0 Å². The zero-order valence-electron chi connectivity index (χ0n) is 15.9. The average molecular weight is 401 g/mol. The van der Waals surface area contributed by atoms with Crippen LogP contribution < -0.4 is 11.1 Å². The summed E-state index contributed by atoms with van der Waals surface area (Å²) >= 11 is 0. The maximum atomic E-state index is 13.0. The molecule has 0 saturated heterocycles. The van der Waals surface area contributed by atoms with Gasteiger partial charge < -0.3 is 15.6 Å². The van der Waals surface area contributed by atoms with Crippen molar-refractivity contribution >= 4 is 29.4 Å². The second-order valence-corrected chi connectivity index (χ2v) is 7.16. The Balaban J connectivity index is 0.00000225. The SMILES string of the molecule is CCCc1noc2nc(C3CC3)cc(C(=O)NCC(N)c3ccccc3)c12.Cl. The molecule has 6 nitrogen and oxygen atoms in total. The number of nitrogens with zero attached hydrogens (tertiary/aromatic N) is 2. The van der Waals surface area contributed by atoms with Gasteiger partial charge in [-0.1, -0.05) is 48.8 Å². The molecule has 28 heavy (non-hydrogen) atoms. The third-order valence-corrected chi connectivity index (χ3v) is 4.97. The van der Waals surface area contributed by atoms with Gasteiger partial charge in [0.2, 0.25) is 0 Å². The van der Waals surface area contributed by atoms with Crippen molar-refractivity contribution in [3.63, 3.8) is 0 Å². The van der Waals surface area contributed by atoms with Gasteiger partial charge in [-0.15, -0.1) is 12.4 Å². The lowest BCUT2D eigenvalue weighted by atomic mass is 10.0. The van der Waals surface area contributed by atoms with Crippen LogP contribution in [0.4, 0.5) is 0 Å². The molecule has 1 unspecified atom stereocenters. The number of amides is 1. The van der Waals surface area contributed by atoms with E-state index in [2.05, 4.69) is 22.4 Å². The van der Waals surface area contributed by atoms with Gasteiger partial charge in [-0.2, -0.15) is 0 Å². The summed E-state index contributed by atoms with van der Waals surface area (Å²) in [4.78, 5) is 17.6. The van der Waals surface area contributed by atoms with E-state index >= 15 is 0 Å². The number of nitrogens with two attached hydrogens (primary N) is 1. The highest BCUT2D eigenvalue weighted by Gasteiger charge is 2.29. The number of fused-ring (bicyclic) bond motifs is 1. The van der Waals surface area contributed by atoms with Crippen LogP contribution in [-0.4, -0.2) is 22.6 Å². The molecule has 1 fully saturated rings. The molecule has 3 N–H and O–H groups in total. The fourth-order valence-electron chi connectivity index (χ4n) is 3.32. The zero-order valence-corrected chi connectivity index (χ0v) is 16.7. The first-order valence-electron chi connectivity index (χ1n) is 9.55. The molecule has 0 aliphatic heterocycles. The van der Waals surface area contributed by atoms with E-state index in [0.717, 1.165) is 48.0 Å². The van der Waals surface area contributed by atoms with Crippen LogP contribution in [-0.2, 0) is 6.42 Å². The van der Waals surface area contributed by atoms with E-state index in [1.54, 1.807) is 0 Å². The molecule has 1 aliphatic carbocycles. The van der Waals surface area contributed by atoms with Gasteiger partial charge in [-0.3, -0.25) is 4.79 Å². The summed E-state index contributed by atoms with van der Waals surface area (Å²) in [6.45, 7) is 2.44. The average Bonchev–Trinajstić information content (AvgIpc) is 3.48. The third kappa shape index (κ3) is 4.18. The van der Waals surface area contributed by atoms with Crippen molar-refractivity contribution in [3.8, 4) is 0 Å². The van der Waals surface area contributed by atoms with Gasteiger partial charge in [0.25, 0.3) is 11.6 Å². The number of rotatable bonds is 7. The van der Waals surface area contributed by atoms with Gasteiger partial charge in [0.1, 0.15) is 0 Å². The van der Waals surface area contributed by atoms with E-state index in [9.17, 15) is 4.79 Å². The Hall–Kier alpha value is -2.44. The van der Waals surface area contributed by atoms with Crippen molar-refractivity contribution < 1.29 is 9.32 Å². The number of aromatic nitrogens is 2. The molecule has 1 atom stereocenters. The number of halogens is 1. The summed E-state index contributed by atoms with van der Waals surface area (Å²) in [6, 6.07) is 11.4. The molecule has 2 heterocycles. The lowest BCUT2D eigenvalue weighted by Gasteiger charge is -2.14. The van der Waals surface area contributed by atoms with Gasteiger partial charge in [-0.25, -0.2) is 4.98 Å². The minimum atomic E-state index is -0.257. The smallest absolute Gasteiger partial charge is 0.259 e. The molecule has 0 bridgehead atoms. The molecule has 7 heteroatoms. The third-order valence-electron chi connectivity index (χ3n) is 4.97. The Morgan fingerprint density at radius 3 is 2.75 bits per heavy atom. The Morgan fingerprint density at radius 1 is 1.32 bits per heavy atom. The number of carbonyl (C=O) groups is 1. The van der Waals surface area contributed by atoms with Crippen LogP contribution in [0, 0.1) is 0 Å². The molecule has 2 aromatic heterocycles. The minimum absolute atomic E-state index is 0. The van der Waals surface area contributed by atoms with E-state index in [0.29, 0.717) is 23.7 Å². The Morgan fingerprint density at radius 2 is 2.07 bits per heavy atom. The van der Waals surface area contributed by atoms with Crippen molar-refractivity contribution in [1.82, 2.24) is 15.5 Å². The van der Waals surface area contributed by atoms with Gasteiger partial charge in [-0.05, 0) is 30.9 Å². The van der Waals surface area contributed by atoms with E-state index in [1.165, 1.54) is 0 Å². The van der Waals surface area contributed by atoms with E-state index in [4.69, 9.17) is 10.3 Å². The second kappa shape index (κ2) is 8.71. The highest BCUT2D eigenvalue weighted by atomic mass is 35.5. The number of pyridine rings is 1. The number of aryl methyl sites for hydroxylation is 1. The molecule has 1 amide bonds.